The Kier molecular flexibility index (Phi) is 5.04. The number of halogens is 2. The van der Waals surface area contributed by atoms with Gasteiger partial charge in [-0.2, -0.15) is 0 Å². The molecule has 2 rings (SSSR count). The van der Waals surface area contributed by atoms with Gasteiger partial charge in [-0.25, -0.2) is 4.39 Å². The van der Waals surface area contributed by atoms with Gasteiger partial charge < -0.3 is 9.73 Å². The monoisotopic (exact) mass is 327 g/mol. The van der Waals surface area contributed by atoms with Gasteiger partial charge in [0.1, 0.15) is 5.82 Å². The van der Waals surface area contributed by atoms with Crippen LogP contribution in [0.15, 0.2) is 27.1 Å². The Morgan fingerprint density at radius 3 is 2.95 bits per heavy atom. The van der Waals surface area contributed by atoms with Gasteiger partial charge in [0.15, 0.2) is 0 Å². The van der Waals surface area contributed by atoms with Gasteiger partial charge in [0.25, 0.3) is 0 Å². The normalized spacial score (nSPS) is 10.9. The molecule has 0 spiro atoms. The zero-order chi connectivity index (χ0) is 13.7. The van der Waals surface area contributed by atoms with E-state index >= 15 is 0 Å². The van der Waals surface area contributed by atoms with Crippen LogP contribution in [0.25, 0.3) is 11.5 Å². The van der Waals surface area contributed by atoms with E-state index in [-0.39, 0.29) is 5.82 Å². The third-order valence-corrected chi connectivity index (χ3v) is 3.40. The fourth-order valence-corrected chi connectivity index (χ4v) is 2.06. The molecule has 0 saturated heterocycles. The lowest BCUT2D eigenvalue weighted by atomic mass is 10.2. The molecule has 0 saturated carbocycles. The maximum absolute atomic E-state index is 13.4. The third-order valence-electron chi connectivity index (χ3n) is 2.59. The molecule has 6 heteroatoms. The van der Waals surface area contributed by atoms with Crippen molar-refractivity contribution < 1.29 is 8.81 Å². The summed E-state index contributed by atoms with van der Waals surface area (Å²) in [6.07, 6.45) is 1.76. The van der Waals surface area contributed by atoms with Gasteiger partial charge >= 0.3 is 0 Å². The van der Waals surface area contributed by atoms with Crippen LogP contribution in [0.3, 0.4) is 0 Å². The molecule has 1 aromatic heterocycles. The molecule has 1 N–H and O–H groups in total. The van der Waals surface area contributed by atoms with Crippen molar-refractivity contribution in [1.82, 2.24) is 15.5 Å². The molecule has 0 amide bonds. The highest BCUT2D eigenvalue weighted by molar-refractivity contribution is 9.10. The van der Waals surface area contributed by atoms with Crippen molar-refractivity contribution in [3.8, 4) is 11.5 Å². The SMILES string of the molecule is CCCNCCc1nnc(-c2cccc(F)c2Br)o1. The molecule has 102 valence electrons. The van der Waals surface area contributed by atoms with Crippen LogP contribution in [-0.2, 0) is 6.42 Å². The first-order chi connectivity index (χ1) is 9.22. The summed E-state index contributed by atoms with van der Waals surface area (Å²) in [5.74, 6) is 0.536. The number of rotatable bonds is 6. The molecule has 1 aromatic carbocycles. The first kappa shape index (κ1) is 14.1. The largest absolute Gasteiger partial charge is 0.421 e. The Morgan fingerprint density at radius 2 is 2.16 bits per heavy atom. The minimum Gasteiger partial charge on any atom is -0.421 e. The van der Waals surface area contributed by atoms with E-state index in [1.807, 2.05) is 0 Å². The minimum absolute atomic E-state index is 0.330. The third kappa shape index (κ3) is 3.61. The topological polar surface area (TPSA) is 51.0 Å². The van der Waals surface area contributed by atoms with E-state index < -0.39 is 0 Å². The molecule has 4 nitrogen and oxygen atoms in total. The van der Waals surface area contributed by atoms with Crippen LogP contribution < -0.4 is 5.32 Å². The number of benzene rings is 1. The zero-order valence-corrected chi connectivity index (χ0v) is 12.2. The zero-order valence-electron chi connectivity index (χ0n) is 10.6. The van der Waals surface area contributed by atoms with Crippen molar-refractivity contribution in [2.45, 2.75) is 19.8 Å². The van der Waals surface area contributed by atoms with Crippen molar-refractivity contribution in [3.63, 3.8) is 0 Å². The molecule has 0 radical (unpaired) electrons. The fourth-order valence-electron chi connectivity index (χ4n) is 1.63. The standard InChI is InChI=1S/C13H15BrFN3O/c1-2-7-16-8-6-11-17-18-13(19-11)9-4-3-5-10(15)12(9)14/h3-5,16H,2,6-8H2,1H3. The summed E-state index contributed by atoms with van der Waals surface area (Å²) in [4.78, 5) is 0. The number of hydrogen-bond donors (Lipinski definition) is 1. The quantitative estimate of drug-likeness (QED) is 0.828. The Labute approximate surface area is 119 Å². The molecule has 0 bridgehead atoms. The summed E-state index contributed by atoms with van der Waals surface area (Å²) in [6, 6.07) is 4.72. The molecule has 0 fully saturated rings. The van der Waals surface area contributed by atoms with Gasteiger partial charge in [0.05, 0.1) is 10.0 Å². The summed E-state index contributed by atoms with van der Waals surface area (Å²) < 4.78 is 19.3. The van der Waals surface area contributed by atoms with Crippen LogP contribution in [0.5, 0.6) is 0 Å². The molecule has 0 aliphatic carbocycles. The van der Waals surface area contributed by atoms with Crippen molar-refractivity contribution in [2.24, 2.45) is 0 Å². The van der Waals surface area contributed by atoms with Crippen LogP contribution in [0.2, 0.25) is 0 Å². The first-order valence-electron chi connectivity index (χ1n) is 6.20. The van der Waals surface area contributed by atoms with E-state index in [9.17, 15) is 4.39 Å². The van der Waals surface area contributed by atoms with Gasteiger partial charge in [-0.05, 0) is 41.0 Å². The van der Waals surface area contributed by atoms with Gasteiger partial charge in [-0.15, -0.1) is 10.2 Å². The van der Waals surface area contributed by atoms with Crippen LogP contribution in [0, 0.1) is 5.82 Å². The predicted octanol–water partition coefficient (Wildman–Crippen LogP) is 3.18. The molecule has 0 atom stereocenters. The van der Waals surface area contributed by atoms with Gasteiger partial charge in [0.2, 0.25) is 11.8 Å². The maximum Gasteiger partial charge on any atom is 0.248 e. The minimum atomic E-state index is -0.345. The second-order valence-electron chi connectivity index (χ2n) is 4.10. The van der Waals surface area contributed by atoms with E-state index in [1.54, 1.807) is 12.1 Å². The van der Waals surface area contributed by atoms with E-state index in [1.165, 1.54) is 6.07 Å². The highest BCUT2D eigenvalue weighted by Gasteiger charge is 2.13. The average molecular weight is 328 g/mol. The molecule has 0 aliphatic heterocycles. The molecular formula is C13H15BrFN3O. The maximum atomic E-state index is 13.4. The van der Waals surface area contributed by atoms with E-state index in [4.69, 9.17) is 4.42 Å². The molecule has 19 heavy (non-hydrogen) atoms. The second kappa shape index (κ2) is 6.77. The number of hydrogen-bond acceptors (Lipinski definition) is 4. The van der Waals surface area contributed by atoms with Crippen molar-refractivity contribution in [2.75, 3.05) is 13.1 Å². The smallest absolute Gasteiger partial charge is 0.248 e. The lowest BCUT2D eigenvalue weighted by Gasteiger charge is -2.00. The molecular weight excluding hydrogens is 313 g/mol. The number of nitrogens with one attached hydrogen (secondary N) is 1. The Hall–Kier alpha value is -1.27. The lowest BCUT2D eigenvalue weighted by molar-refractivity contribution is 0.493. The summed E-state index contributed by atoms with van der Waals surface area (Å²) in [5.41, 5.74) is 0.570. The molecule has 2 aromatic rings. The van der Waals surface area contributed by atoms with Crippen molar-refractivity contribution >= 4 is 15.9 Å². The van der Waals surface area contributed by atoms with Crippen LogP contribution in [0.4, 0.5) is 4.39 Å². The number of nitrogens with zero attached hydrogens (tertiary/aromatic N) is 2. The Bertz CT molecular complexity index is 544. The second-order valence-corrected chi connectivity index (χ2v) is 4.90. The van der Waals surface area contributed by atoms with E-state index in [0.717, 1.165) is 19.5 Å². The first-order valence-corrected chi connectivity index (χ1v) is 6.99. The van der Waals surface area contributed by atoms with Gasteiger partial charge in [-0.1, -0.05) is 13.0 Å². The predicted molar refractivity (Wildman–Crippen MR) is 74.3 cm³/mol. The van der Waals surface area contributed by atoms with Gasteiger partial charge in [0, 0.05) is 13.0 Å². The van der Waals surface area contributed by atoms with E-state index in [2.05, 4.69) is 38.4 Å². The summed E-state index contributed by atoms with van der Waals surface area (Å²) in [6.45, 7) is 3.87. The highest BCUT2D eigenvalue weighted by atomic mass is 79.9. The molecule has 1 heterocycles. The Balaban J connectivity index is 2.06. The van der Waals surface area contributed by atoms with Crippen LogP contribution in [0.1, 0.15) is 19.2 Å². The van der Waals surface area contributed by atoms with Crippen molar-refractivity contribution in [3.05, 3.63) is 34.4 Å². The van der Waals surface area contributed by atoms with Crippen LogP contribution in [-0.4, -0.2) is 23.3 Å². The molecule has 0 aliphatic rings. The van der Waals surface area contributed by atoms with Gasteiger partial charge in [-0.3, -0.25) is 0 Å². The lowest BCUT2D eigenvalue weighted by Crippen LogP contribution is -2.17. The van der Waals surface area contributed by atoms with E-state index in [0.29, 0.717) is 28.2 Å². The Morgan fingerprint density at radius 1 is 1.32 bits per heavy atom. The van der Waals surface area contributed by atoms with Crippen molar-refractivity contribution in [1.29, 1.82) is 0 Å². The molecule has 0 unspecified atom stereocenters. The van der Waals surface area contributed by atoms with Crippen LogP contribution >= 0.6 is 15.9 Å². The fraction of sp³-hybridized carbons (Fsp3) is 0.385. The average Bonchev–Trinajstić information content (AvgIpc) is 2.87. The summed E-state index contributed by atoms with van der Waals surface area (Å²) >= 11 is 3.18. The summed E-state index contributed by atoms with van der Waals surface area (Å²) in [5, 5.41) is 11.2. The highest BCUT2D eigenvalue weighted by Crippen LogP contribution is 2.29. The summed E-state index contributed by atoms with van der Waals surface area (Å²) in [7, 11) is 0. The number of aromatic nitrogens is 2.